The maximum atomic E-state index is 5.09. The lowest BCUT2D eigenvalue weighted by atomic mass is 9.91. The Morgan fingerprint density at radius 1 is 1.20 bits per heavy atom. The smallest absolute Gasteiger partial charge is 0.0963 e. The van der Waals surface area contributed by atoms with Crippen molar-refractivity contribution in [2.45, 2.75) is 69.0 Å². The van der Waals surface area contributed by atoms with Gasteiger partial charge in [0.2, 0.25) is 0 Å². The van der Waals surface area contributed by atoms with Crippen LogP contribution in [0.25, 0.3) is 0 Å². The zero-order valence-electron chi connectivity index (χ0n) is 12.6. The van der Waals surface area contributed by atoms with Crippen molar-refractivity contribution in [2.24, 2.45) is 0 Å². The van der Waals surface area contributed by atoms with E-state index in [4.69, 9.17) is 4.98 Å². The molecule has 3 unspecified atom stereocenters. The zero-order chi connectivity index (χ0) is 13.7. The van der Waals surface area contributed by atoms with Crippen molar-refractivity contribution in [3.05, 3.63) is 15.6 Å². The van der Waals surface area contributed by atoms with Gasteiger partial charge in [-0.1, -0.05) is 0 Å². The first-order valence-corrected chi connectivity index (χ1v) is 8.96. The molecule has 2 bridgehead atoms. The number of hydrogen-bond acceptors (Lipinski definition) is 4. The van der Waals surface area contributed by atoms with E-state index in [1.165, 1.54) is 55.6 Å². The number of rotatable bonds is 2. The average molecular weight is 291 g/mol. The van der Waals surface area contributed by atoms with Gasteiger partial charge >= 0.3 is 0 Å². The minimum Gasteiger partial charge on any atom is -0.312 e. The first-order valence-electron chi connectivity index (χ1n) is 8.15. The second kappa shape index (κ2) is 5.08. The fraction of sp³-hybridized carbons (Fsp3) is 0.812. The van der Waals surface area contributed by atoms with E-state index in [2.05, 4.69) is 24.3 Å². The van der Waals surface area contributed by atoms with Gasteiger partial charge in [-0.05, 0) is 59.0 Å². The molecule has 1 N–H and O–H groups in total. The molecule has 2 saturated heterocycles. The van der Waals surface area contributed by atoms with Crippen molar-refractivity contribution in [1.82, 2.24) is 15.2 Å². The zero-order valence-corrected chi connectivity index (χ0v) is 13.4. The maximum absolute atomic E-state index is 5.09. The Labute approximate surface area is 125 Å². The summed E-state index contributed by atoms with van der Waals surface area (Å²) in [7, 11) is 4.40. The molecule has 2 aliphatic heterocycles. The number of aryl methyl sites for hydroxylation is 1. The summed E-state index contributed by atoms with van der Waals surface area (Å²) >= 11 is 2.02. The highest BCUT2D eigenvalue weighted by molar-refractivity contribution is 7.11. The van der Waals surface area contributed by atoms with Crippen LogP contribution in [0.3, 0.4) is 0 Å². The van der Waals surface area contributed by atoms with E-state index in [1.54, 1.807) is 4.88 Å². The molecule has 3 atom stereocenters. The van der Waals surface area contributed by atoms with Gasteiger partial charge in [-0.3, -0.25) is 0 Å². The van der Waals surface area contributed by atoms with E-state index in [0.29, 0.717) is 6.04 Å². The summed E-state index contributed by atoms with van der Waals surface area (Å²) in [5, 5.41) is 4.90. The van der Waals surface area contributed by atoms with Crippen molar-refractivity contribution in [2.75, 3.05) is 14.1 Å². The van der Waals surface area contributed by atoms with Gasteiger partial charge in [-0.15, -0.1) is 11.3 Å². The van der Waals surface area contributed by atoms with Crippen molar-refractivity contribution in [3.63, 3.8) is 0 Å². The van der Waals surface area contributed by atoms with Crippen LogP contribution in [-0.2, 0) is 6.42 Å². The molecule has 0 saturated carbocycles. The third kappa shape index (κ3) is 2.04. The molecule has 110 valence electrons. The second-order valence-corrected chi connectivity index (χ2v) is 7.93. The van der Waals surface area contributed by atoms with Gasteiger partial charge in [-0.2, -0.15) is 0 Å². The van der Waals surface area contributed by atoms with E-state index in [-0.39, 0.29) is 0 Å². The molecule has 3 heterocycles. The van der Waals surface area contributed by atoms with E-state index in [9.17, 15) is 0 Å². The molecule has 1 aromatic heterocycles. The summed E-state index contributed by atoms with van der Waals surface area (Å²) < 4.78 is 0. The molecule has 4 rings (SSSR count). The van der Waals surface area contributed by atoms with Crippen LogP contribution >= 0.6 is 11.3 Å². The standard InChI is InChI=1S/C16H25N3S/c1-17-13-4-3-5-14-15(13)18-16(20-14)10-8-11-6-7-12(9-10)19(11)2/h10-13,17H,3-9H2,1-2H3. The fourth-order valence-corrected chi connectivity index (χ4v) is 5.80. The van der Waals surface area contributed by atoms with Crippen LogP contribution in [0.2, 0.25) is 0 Å². The first kappa shape index (κ1) is 13.2. The Morgan fingerprint density at radius 2 is 1.95 bits per heavy atom. The first-order chi connectivity index (χ1) is 9.76. The molecule has 0 amide bonds. The lowest BCUT2D eigenvalue weighted by Crippen LogP contribution is -2.39. The number of nitrogens with zero attached hydrogens (tertiary/aromatic N) is 2. The largest absolute Gasteiger partial charge is 0.312 e. The van der Waals surface area contributed by atoms with Crippen molar-refractivity contribution in [3.8, 4) is 0 Å². The highest BCUT2D eigenvalue weighted by Gasteiger charge is 2.40. The lowest BCUT2D eigenvalue weighted by molar-refractivity contribution is 0.161. The molecule has 0 spiro atoms. The van der Waals surface area contributed by atoms with Gasteiger partial charge in [-0.25, -0.2) is 4.98 Å². The van der Waals surface area contributed by atoms with Crippen LogP contribution in [0.5, 0.6) is 0 Å². The molecule has 1 aliphatic carbocycles. The molecule has 3 aliphatic rings. The molecule has 4 heteroatoms. The Balaban J connectivity index is 1.59. The highest BCUT2D eigenvalue weighted by atomic mass is 32.1. The Bertz CT molecular complexity index is 484. The van der Waals surface area contributed by atoms with Gasteiger partial charge in [0.25, 0.3) is 0 Å². The van der Waals surface area contributed by atoms with Crippen molar-refractivity contribution < 1.29 is 0 Å². The minimum absolute atomic E-state index is 0.506. The molecule has 20 heavy (non-hydrogen) atoms. The second-order valence-electron chi connectivity index (χ2n) is 6.81. The summed E-state index contributed by atoms with van der Waals surface area (Å²) in [5.41, 5.74) is 1.38. The van der Waals surface area contributed by atoms with Gasteiger partial charge in [0.05, 0.1) is 16.7 Å². The Hall–Kier alpha value is -0.450. The summed E-state index contributed by atoms with van der Waals surface area (Å²) in [6.45, 7) is 0. The monoisotopic (exact) mass is 291 g/mol. The summed E-state index contributed by atoms with van der Waals surface area (Å²) in [5.74, 6) is 0.733. The molecule has 2 fully saturated rings. The molecular weight excluding hydrogens is 266 g/mol. The number of thiazole rings is 1. The molecule has 0 aromatic carbocycles. The molecule has 3 nitrogen and oxygen atoms in total. The van der Waals surface area contributed by atoms with Crippen LogP contribution in [0.1, 0.15) is 66.1 Å². The normalized spacial score (nSPS) is 37.1. The Morgan fingerprint density at radius 3 is 2.65 bits per heavy atom. The van der Waals surface area contributed by atoms with E-state index in [0.717, 1.165) is 18.0 Å². The van der Waals surface area contributed by atoms with Gasteiger partial charge < -0.3 is 10.2 Å². The van der Waals surface area contributed by atoms with Crippen LogP contribution in [-0.4, -0.2) is 36.1 Å². The minimum atomic E-state index is 0.506. The number of aromatic nitrogens is 1. The fourth-order valence-electron chi connectivity index (χ4n) is 4.51. The highest BCUT2D eigenvalue weighted by Crippen LogP contribution is 2.45. The van der Waals surface area contributed by atoms with Gasteiger partial charge in [0.15, 0.2) is 0 Å². The third-order valence-electron chi connectivity index (χ3n) is 5.77. The maximum Gasteiger partial charge on any atom is 0.0963 e. The number of hydrogen-bond donors (Lipinski definition) is 1. The number of fused-ring (bicyclic) bond motifs is 3. The predicted molar refractivity (Wildman–Crippen MR) is 83.4 cm³/mol. The summed E-state index contributed by atoms with van der Waals surface area (Å²) in [4.78, 5) is 9.28. The van der Waals surface area contributed by atoms with Crippen LogP contribution in [0, 0.1) is 0 Å². The lowest BCUT2D eigenvalue weighted by Gasteiger charge is -2.35. The summed E-state index contributed by atoms with van der Waals surface area (Å²) in [6.07, 6.45) is 9.31. The van der Waals surface area contributed by atoms with Crippen LogP contribution in [0.15, 0.2) is 0 Å². The van der Waals surface area contributed by atoms with E-state index < -0.39 is 0 Å². The van der Waals surface area contributed by atoms with E-state index >= 15 is 0 Å². The summed E-state index contributed by atoms with van der Waals surface area (Å²) in [6, 6.07) is 2.14. The van der Waals surface area contributed by atoms with Gasteiger partial charge in [0, 0.05) is 22.9 Å². The number of nitrogens with one attached hydrogen (secondary N) is 1. The Kier molecular flexibility index (Phi) is 3.36. The quantitative estimate of drug-likeness (QED) is 0.907. The van der Waals surface area contributed by atoms with Crippen LogP contribution < -0.4 is 5.32 Å². The van der Waals surface area contributed by atoms with Crippen LogP contribution in [0.4, 0.5) is 0 Å². The SMILES string of the molecule is CNC1CCCc2sc(C3CC4CCC(C3)N4C)nc21. The molecule has 1 aromatic rings. The average Bonchev–Trinajstić information content (AvgIpc) is 2.96. The molecule has 0 radical (unpaired) electrons. The van der Waals surface area contributed by atoms with Crippen molar-refractivity contribution >= 4 is 11.3 Å². The van der Waals surface area contributed by atoms with Gasteiger partial charge in [0.1, 0.15) is 0 Å². The predicted octanol–water partition coefficient (Wildman–Crippen LogP) is 3.08. The van der Waals surface area contributed by atoms with E-state index in [1.807, 2.05) is 11.3 Å². The number of piperidine rings is 1. The van der Waals surface area contributed by atoms with Crippen molar-refractivity contribution in [1.29, 1.82) is 0 Å². The molecular formula is C16H25N3S. The topological polar surface area (TPSA) is 28.2 Å². The third-order valence-corrected chi connectivity index (χ3v) is 7.06.